The number of H-pyrrole nitrogens is 1. The van der Waals surface area contributed by atoms with Gasteiger partial charge < -0.3 is 49.8 Å². The van der Waals surface area contributed by atoms with Gasteiger partial charge >= 0.3 is 12.1 Å². The largest absolute Gasteiger partial charge is 0.476 e. The van der Waals surface area contributed by atoms with Crippen molar-refractivity contribution in [1.82, 2.24) is 45.3 Å². The van der Waals surface area contributed by atoms with Gasteiger partial charge in [-0.25, -0.2) is 24.5 Å². The van der Waals surface area contributed by atoms with Gasteiger partial charge in [0.05, 0.1) is 60.1 Å². The van der Waals surface area contributed by atoms with Crippen LogP contribution in [0, 0.1) is 17.8 Å². The minimum Gasteiger partial charge on any atom is -0.476 e. The van der Waals surface area contributed by atoms with Crippen LogP contribution in [0.15, 0.2) is 41.8 Å². The number of benzene rings is 1. The van der Waals surface area contributed by atoms with E-state index in [1.807, 2.05) is 45.9 Å². The molecular formula is C47H71N9O11S2. The molecule has 3 heterocycles. The number of carbonyl (C=O) groups excluding carboxylic acids is 5. The van der Waals surface area contributed by atoms with Gasteiger partial charge in [-0.15, -0.1) is 0 Å². The number of methoxy groups -OCH3 is 2. The normalized spacial score (nSPS) is 17.5. The zero-order valence-corrected chi connectivity index (χ0v) is 43.4. The van der Waals surface area contributed by atoms with Crippen molar-refractivity contribution < 1.29 is 53.2 Å². The monoisotopic (exact) mass is 1000 g/mol. The second-order valence-electron chi connectivity index (χ2n) is 18.6. The van der Waals surface area contributed by atoms with Gasteiger partial charge in [0.15, 0.2) is 16.5 Å². The number of aromatic amines is 1. The molecule has 1 fully saturated rings. The van der Waals surface area contributed by atoms with Crippen molar-refractivity contribution in [1.29, 1.82) is 0 Å². The Morgan fingerprint density at radius 1 is 0.986 bits per heavy atom. The summed E-state index contributed by atoms with van der Waals surface area (Å²) >= 11 is 0. The maximum Gasteiger partial charge on any atom is 0.410 e. The number of aromatic nitrogens is 4. The van der Waals surface area contributed by atoms with Crippen LogP contribution in [0.2, 0.25) is 0 Å². The van der Waals surface area contributed by atoms with Crippen molar-refractivity contribution >= 4 is 68.4 Å². The third-order valence-corrected chi connectivity index (χ3v) is 15.7. The number of carboxylic acid groups (broad SMARTS) is 1. The molecule has 5 N–H and O–H groups in total. The predicted molar refractivity (Wildman–Crippen MR) is 262 cm³/mol. The second-order valence-corrected chi connectivity index (χ2v) is 21.4. The lowest BCUT2D eigenvalue weighted by molar-refractivity contribution is -0.146. The highest BCUT2D eigenvalue weighted by Crippen LogP contribution is 2.40. The number of aliphatic hydroxyl groups excluding tert-OH is 1. The summed E-state index contributed by atoms with van der Waals surface area (Å²) in [6, 6.07) is 6.56. The maximum absolute atomic E-state index is 14.2. The van der Waals surface area contributed by atoms with Gasteiger partial charge in [-0.05, 0) is 61.8 Å². The van der Waals surface area contributed by atoms with Gasteiger partial charge in [0.2, 0.25) is 23.6 Å². The minimum absolute atomic E-state index is 0.0491. The number of hydrogen-bond acceptors (Lipinski definition) is 15. The molecular weight excluding hydrogens is 931 g/mol. The highest BCUT2D eigenvalue weighted by atomic mass is 33.1. The summed E-state index contributed by atoms with van der Waals surface area (Å²) in [6.07, 6.45) is 0.0465. The quantitative estimate of drug-likeness (QED) is 0.0705. The third-order valence-electron chi connectivity index (χ3n) is 12.7. The van der Waals surface area contributed by atoms with Gasteiger partial charge in [0, 0.05) is 34.9 Å². The Kier molecular flexibility index (Phi) is 21.1. The molecule has 382 valence electrons. The summed E-state index contributed by atoms with van der Waals surface area (Å²) in [5.74, 6) is -3.85. The maximum atomic E-state index is 14.2. The van der Waals surface area contributed by atoms with Crippen LogP contribution in [-0.4, -0.2) is 170 Å². The highest BCUT2D eigenvalue weighted by molar-refractivity contribution is 8.77. The Labute approximate surface area is 412 Å². The fraction of sp³-hybridized carbons (Fsp3) is 0.638. The number of likely N-dealkylation sites (tertiary alicyclic amines) is 1. The molecule has 9 unspecified atom stereocenters. The fourth-order valence-electron chi connectivity index (χ4n) is 8.65. The van der Waals surface area contributed by atoms with Crippen LogP contribution in [-0.2, 0) is 33.4 Å². The van der Waals surface area contributed by atoms with Crippen molar-refractivity contribution in [3.05, 3.63) is 47.9 Å². The van der Waals surface area contributed by atoms with E-state index in [0.717, 1.165) is 6.33 Å². The van der Waals surface area contributed by atoms with Crippen LogP contribution in [0.1, 0.15) is 103 Å². The first-order valence-electron chi connectivity index (χ1n) is 23.2. The van der Waals surface area contributed by atoms with Crippen LogP contribution >= 0.6 is 21.6 Å². The lowest BCUT2D eigenvalue weighted by Crippen LogP contribution is -2.56. The summed E-state index contributed by atoms with van der Waals surface area (Å²) in [6.45, 7) is 14.7. The zero-order valence-electron chi connectivity index (χ0n) is 41.8. The first-order chi connectivity index (χ1) is 32.6. The summed E-state index contributed by atoms with van der Waals surface area (Å²) in [5.41, 5.74) is 0.880. The van der Waals surface area contributed by atoms with E-state index in [4.69, 9.17) is 14.2 Å². The lowest BCUT2D eigenvalue weighted by atomic mass is 9.90. The molecule has 22 heteroatoms. The van der Waals surface area contributed by atoms with E-state index in [2.05, 4.69) is 30.6 Å². The molecule has 1 saturated heterocycles. The first kappa shape index (κ1) is 56.6. The molecule has 1 aliphatic rings. The highest BCUT2D eigenvalue weighted by Gasteiger charge is 2.43. The Bertz CT molecular complexity index is 2220. The molecule has 69 heavy (non-hydrogen) atoms. The van der Waals surface area contributed by atoms with Crippen LogP contribution in [0.3, 0.4) is 0 Å². The number of carboxylic acids is 1. The summed E-state index contributed by atoms with van der Waals surface area (Å²) in [7, 11) is 8.64. The second kappa shape index (κ2) is 25.7. The van der Waals surface area contributed by atoms with Gasteiger partial charge in [0.1, 0.15) is 24.5 Å². The topological polar surface area (TPSA) is 259 Å². The van der Waals surface area contributed by atoms with E-state index >= 15 is 0 Å². The number of imidazole rings is 1. The molecule has 3 aromatic rings. The number of amides is 5. The van der Waals surface area contributed by atoms with Gasteiger partial charge in [-0.1, -0.05) is 82.2 Å². The number of aliphatic hydroxyl groups is 1. The average molecular weight is 1000 g/mol. The molecule has 2 aromatic heterocycles. The molecule has 0 saturated carbocycles. The number of aromatic carboxylic acids is 1. The zero-order chi connectivity index (χ0) is 51.3. The van der Waals surface area contributed by atoms with Crippen LogP contribution < -0.4 is 10.6 Å². The smallest absolute Gasteiger partial charge is 0.410 e. The minimum atomic E-state index is -1.22. The van der Waals surface area contributed by atoms with Crippen LogP contribution in [0.4, 0.5) is 4.79 Å². The third kappa shape index (κ3) is 14.8. The molecule has 20 nitrogen and oxygen atoms in total. The molecule has 9 atom stereocenters. The van der Waals surface area contributed by atoms with E-state index in [9.17, 15) is 39.0 Å². The molecule has 5 amide bonds. The van der Waals surface area contributed by atoms with E-state index in [1.54, 1.807) is 51.8 Å². The Balaban J connectivity index is 1.34. The number of nitrogens with one attached hydrogen (secondary N) is 3. The van der Waals surface area contributed by atoms with Crippen molar-refractivity contribution in [2.75, 3.05) is 48.0 Å². The van der Waals surface area contributed by atoms with Crippen molar-refractivity contribution in [3.63, 3.8) is 0 Å². The number of nitrogens with zero attached hydrogens (tertiary/aromatic N) is 6. The molecule has 1 aliphatic heterocycles. The molecule has 0 bridgehead atoms. The molecule has 0 aliphatic carbocycles. The standard InChI is InChI=1S/C47H71N9O11S2/c1-13-27(4)38(32(65-11)22-33(57)56-21-17-20-31(56)40(66-12)28(5)42(60)51-29(6)39(59)30-18-15-14-16-19-30)54(9)34(58)23-48-43(61)37(26(2)3)55(10)46(64)67-24-47(7,8)69-68-45-52-35-36(44(62)63)49-25-50-41(35)53-45/h14-16,18-19,25-29,31-32,37-40,59H,13,17,20-24H2,1-12H3,(H,48,61)(H,51,60)(H,62,63)(H,49,50,52,53). The van der Waals surface area contributed by atoms with Crippen LogP contribution in [0.5, 0.6) is 0 Å². The van der Waals surface area contributed by atoms with Crippen molar-refractivity contribution in [2.45, 2.75) is 133 Å². The summed E-state index contributed by atoms with van der Waals surface area (Å²) in [4.78, 5) is 99.8. The SMILES string of the molecule is CCC(C)C(C(CC(=O)N1CCCC1C(OC)C(C)C(=O)NC(C)C(O)c1ccccc1)OC)N(C)C(=O)CNC(=O)C(C(C)C)N(C)C(=O)OCC(C)(C)SSc1nc2ncnc(C(=O)O)c2[nH]1. The van der Waals surface area contributed by atoms with Gasteiger partial charge in [-0.3, -0.25) is 24.1 Å². The van der Waals surface area contributed by atoms with Crippen molar-refractivity contribution in [2.24, 2.45) is 17.8 Å². The Morgan fingerprint density at radius 3 is 2.28 bits per heavy atom. The molecule has 0 spiro atoms. The number of carbonyl (C=O) groups is 6. The fourth-order valence-corrected chi connectivity index (χ4v) is 10.6. The Morgan fingerprint density at radius 2 is 1.67 bits per heavy atom. The molecule has 1 aromatic carbocycles. The summed E-state index contributed by atoms with van der Waals surface area (Å²) in [5, 5.41) is 26.3. The number of ether oxygens (including phenoxy) is 3. The Hall–Kier alpha value is -5.03. The van der Waals surface area contributed by atoms with E-state index in [-0.39, 0.29) is 60.1 Å². The first-order valence-corrected chi connectivity index (χ1v) is 25.3. The van der Waals surface area contributed by atoms with Crippen molar-refractivity contribution in [3.8, 4) is 0 Å². The van der Waals surface area contributed by atoms with Crippen LogP contribution in [0.25, 0.3) is 11.2 Å². The van der Waals surface area contributed by atoms with E-state index in [1.165, 1.54) is 52.7 Å². The number of likely N-dealkylation sites (N-methyl/N-ethyl adjacent to an activating group) is 2. The van der Waals surface area contributed by atoms with E-state index < -0.39 is 77.0 Å². The average Bonchev–Trinajstić information content (AvgIpc) is 3.99. The number of rotatable bonds is 25. The molecule has 4 rings (SSSR count). The van der Waals surface area contributed by atoms with Gasteiger partial charge in [0.25, 0.3) is 0 Å². The predicted octanol–water partition coefficient (Wildman–Crippen LogP) is 4.94. The van der Waals surface area contributed by atoms with E-state index in [0.29, 0.717) is 36.5 Å². The number of fused-ring (bicyclic) bond motifs is 1. The summed E-state index contributed by atoms with van der Waals surface area (Å²) < 4.78 is 16.9. The lowest BCUT2D eigenvalue weighted by Gasteiger charge is -2.39. The molecule has 0 radical (unpaired) electrons. The van der Waals surface area contributed by atoms with Gasteiger partial charge in [-0.2, -0.15) is 0 Å². The number of hydrogen-bond donors (Lipinski definition) is 5.